The maximum Gasteiger partial charge on any atom is 0.228 e. The van der Waals surface area contributed by atoms with Crippen molar-refractivity contribution < 1.29 is 58.7 Å². The minimum Gasteiger partial charge on any atom is -0.394 e. The summed E-state index contributed by atoms with van der Waals surface area (Å²) in [4.78, 5) is 0. The van der Waals surface area contributed by atoms with E-state index in [9.17, 15) is 35.0 Å². The van der Waals surface area contributed by atoms with E-state index in [1.807, 2.05) is 0 Å². The standard InChI is InChI=1S/C17H29FO11/c18-16-12(23)10(21)15(7(5-19)26-16)29-17-13(24)11(22)14(8(6-20)27-17)28-9-3-1-2-4-25-9/h7-17,19-24H,1-6H2/t7?,8?,9?,10-,11-,12?,13?,14+,15+,16-,17+/m1/s1. The van der Waals surface area contributed by atoms with E-state index in [2.05, 4.69) is 0 Å². The van der Waals surface area contributed by atoms with Gasteiger partial charge in [0.25, 0.3) is 0 Å². The van der Waals surface area contributed by atoms with Crippen LogP contribution in [0.1, 0.15) is 19.3 Å². The van der Waals surface area contributed by atoms with Crippen LogP contribution in [0.15, 0.2) is 0 Å². The maximum absolute atomic E-state index is 13.6. The number of aliphatic hydroxyl groups is 6. The van der Waals surface area contributed by atoms with Gasteiger partial charge in [0.05, 0.1) is 13.2 Å². The Hall–Kier alpha value is -0.510. The summed E-state index contributed by atoms with van der Waals surface area (Å²) in [5.41, 5.74) is 0. The molecule has 12 heteroatoms. The normalized spacial score (nSPS) is 49.1. The lowest BCUT2D eigenvalue weighted by Gasteiger charge is -2.46. The van der Waals surface area contributed by atoms with Crippen LogP contribution in [0, 0.1) is 0 Å². The molecule has 0 aromatic heterocycles. The Morgan fingerprint density at radius 3 is 2.03 bits per heavy atom. The second-order valence-corrected chi connectivity index (χ2v) is 7.39. The molecule has 11 atom stereocenters. The molecule has 5 unspecified atom stereocenters. The van der Waals surface area contributed by atoms with Crippen molar-refractivity contribution in [3.05, 3.63) is 0 Å². The summed E-state index contributed by atoms with van der Waals surface area (Å²) < 4.78 is 40.4. The van der Waals surface area contributed by atoms with Crippen LogP contribution >= 0.6 is 0 Å². The number of ether oxygens (including phenoxy) is 5. The molecule has 29 heavy (non-hydrogen) atoms. The fourth-order valence-electron chi connectivity index (χ4n) is 3.69. The molecule has 0 amide bonds. The van der Waals surface area contributed by atoms with Gasteiger partial charge in [-0.3, -0.25) is 0 Å². The lowest BCUT2D eigenvalue weighted by Crippen LogP contribution is -2.64. The van der Waals surface area contributed by atoms with Gasteiger partial charge in [0.1, 0.15) is 48.8 Å². The highest BCUT2D eigenvalue weighted by molar-refractivity contribution is 4.94. The van der Waals surface area contributed by atoms with Crippen LogP contribution in [-0.2, 0) is 23.7 Å². The first-order valence-electron chi connectivity index (χ1n) is 9.68. The number of rotatable bonds is 6. The highest BCUT2D eigenvalue weighted by Crippen LogP contribution is 2.31. The first kappa shape index (κ1) is 23.2. The Kier molecular flexibility index (Phi) is 8.14. The Bertz CT molecular complexity index is 504. The summed E-state index contributed by atoms with van der Waals surface area (Å²) in [7, 11) is 0. The topological polar surface area (TPSA) is 168 Å². The molecule has 170 valence electrons. The first-order valence-corrected chi connectivity index (χ1v) is 9.68. The molecule has 3 rings (SSSR count). The second-order valence-electron chi connectivity index (χ2n) is 7.39. The summed E-state index contributed by atoms with van der Waals surface area (Å²) in [5, 5.41) is 59.7. The molecule has 0 spiro atoms. The SMILES string of the molecule is OCC1O[C@@H](O[C@H]2C(CO)O[C@@H](F)C(O)[C@H]2O)C(O)[C@@H](O)[C@H]1OC1CCCCO1. The largest absolute Gasteiger partial charge is 0.394 e. The minimum absolute atomic E-state index is 0.492. The molecule has 0 aromatic rings. The fraction of sp³-hybridized carbons (Fsp3) is 1.00. The average molecular weight is 428 g/mol. The minimum atomic E-state index is -2.23. The van der Waals surface area contributed by atoms with Crippen LogP contribution in [0.5, 0.6) is 0 Å². The van der Waals surface area contributed by atoms with E-state index < -0.39 is 81.0 Å². The number of hydrogen-bond acceptors (Lipinski definition) is 11. The molecule has 3 aliphatic heterocycles. The molecule has 3 saturated heterocycles. The van der Waals surface area contributed by atoms with Crippen LogP contribution in [-0.4, -0.2) is 118 Å². The van der Waals surface area contributed by atoms with E-state index in [0.717, 1.165) is 12.8 Å². The van der Waals surface area contributed by atoms with Gasteiger partial charge in [-0.2, -0.15) is 0 Å². The highest BCUT2D eigenvalue weighted by Gasteiger charge is 2.51. The quantitative estimate of drug-likeness (QED) is 0.257. The molecule has 3 fully saturated rings. The summed E-state index contributed by atoms with van der Waals surface area (Å²) in [6.45, 7) is -0.829. The lowest BCUT2D eigenvalue weighted by atomic mass is 9.97. The van der Waals surface area contributed by atoms with Gasteiger partial charge in [-0.25, -0.2) is 4.39 Å². The first-order chi connectivity index (χ1) is 13.9. The summed E-state index contributed by atoms with van der Waals surface area (Å²) in [6, 6.07) is 0. The average Bonchev–Trinajstić information content (AvgIpc) is 2.73. The zero-order valence-electron chi connectivity index (χ0n) is 15.7. The molecule has 0 radical (unpaired) electrons. The number of hydrogen-bond donors (Lipinski definition) is 6. The lowest BCUT2D eigenvalue weighted by molar-refractivity contribution is -0.361. The van der Waals surface area contributed by atoms with Gasteiger partial charge in [-0.1, -0.05) is 0 Å². The third-order valence-electron chi connectivity index (χ3n) is 5.36. The number of alkyl halides is 1. The monoisotopic (exact) mass is 428 g/mol. The predicted molar refractivity (Wildman–Crippen MR) is 90.0 cm³/mol. The maximum atomic E-state index is 13.6. The zero-order valence-corrected chi connectivity index (χ0v) is 15.7. The predicted octanol–water partition coefficient (Wildman–Crippen LogP) is -2.87. The van der Waals surface area contributed by atoms with E-state index in [0.29, 0.717) is 13.0 Å². The van der Waals surface area contributed by atoms with Crippen molar-refractivity contribution in [3.8, 4) is 0 Å². The van der Waals surface area contributed by atoms with Crippen LogP contribution < -0.4 is 0 Å². The molecule has 3 heterocycles. The summed E-state index contributed by atoms with van der Waals surface area (Å²) in [5.74, 6) is 0. The molecule has 0 aromatic carbocycles. The van der Waals surface area contributed by atoms with Gasteiger partial charge < -0.3 is 54.3 Å². The van der Waals surface area contributed by atoms with Crippen molar-refractivity contribution in [2.45, 2.75) is 87.0 Å². The van der Waals surface area contributed by atoms with Crippen molar-refractivity contribution in [3.63, 3.8) is 0 Å². The molecular weight excluding hydrogens is 399 g/mol. The molecule has 0 bridgehead atoms. The summed E-state index contributed by atoms with van der Waals surface area (Å²) >= 11 is 0. The van der Waals surface area contributed by atoms with E-state index in [1.54, 1.807) is 0 Å². The molecule has 3 aliphatic rings. The molecule has 0 aliphatic carbocycles. The Morgan fingerprint density at radius 1 is 0.793 bits per heavy atom. The van der Waals surface area contributed by atoms with Crippen molar-refractivity contribution in [2.75, 3.05) is 19.8 Å². The van der Waals surface area contributed by atoms with Crippen molar-refractivity contribution >= 4 is 0 Å². The fourth-order valence-corrected chi connectivity index (χ4v) is 3.69. The van der Waals surface area contributed by atoms with Crippen LogP contribution in [0.25, 0.3) is 0 Å². The second kappa shape index (κ2) is 10.2. The van der Waals surface area contributed by atoms with Crippen LogP contribution in [0.3, 0.4) is 0 Å². The molecule has 6 N–H and O–H groups in total. The Balaban J connectivity index is 1.67. The number of aliphatic hydroxyl groups excluding tert-OH is 6. The molecule has 11 nitrogen and oxygen atoms in total. The van der Waals surface area contributed by atoms with Gasteiger partial charge in [0.2, 0.25) is 6.36 Å². The van der Waals surface area contributed by atoms with E-state index in [-0.39, 0.29) is 0 Å². The van der Waals surface area contributed by atoms with Gasteiger partial charge in [-0.05, 0) is 19.3 Å². The van der Waals surface area contributed by atoms with E-state index in [1.165, 1.54) is 0 Å². The Labute approximate surface area is 166 Å². The third kappa shape index (κ3) is 5.05. The van der Waals surface area contributed by atoms with Gasteiger partial charge >= 0.3 is 0 Å². The number of halogens is 1. The van der Waals surface area contributed by atoms with Crippen molar-refractivity contribution in [2.24, 2.45) is 0 Å². The van der Waals surface area contributed by atoms with Crippen molar-refractivity contribution in [1.82, 2.24) is 0 Å². The van der Waals surface area contributed by atoms with Crippen LogP contribution in [0.4, 0.5) is 4.39 Å². The van der Waals surface area contributed by atoms with Gasteiger partial charge in [0.15, 0.2) is 12.6 Å². The summed E-state index contributed by atoms with van der Waals surface area (Å²) in [6.07, 6.45) is -14.1. The highest BCUT2D eigenvalue weighted by atomic mass is 19.1. The van der Waals surface area contributed by atoms with Gasteiger partial charge in [-0.15, -0.1) is 0 Å². The van der Waals surface area contributed by atoms with Crippen LogP contribution in [0.2, 0.25) is 0 Å². The van der Waals surface area contributed by atoms with E-state index >= 15 is 0 Å². The zero-order chi connectivity index (χ0) is 21.1. The smallest absolute Gasteiger partial charge is 0.228 e. The van der Waals surface area contributed by atoms with Gasteiger partial charge in [0, 0.05) is 6.61 Å². The van der Waals surface area contributed by atoms with Crippen molar-refractivity contribution in [1.29, 1.82) is 0 Å². The molecule has 0 saturated carbocycles. The Morgan fingerprint density at radius 2 is 1.41 bits per heavy atom. The van der Waals surface area contributed by atoms with E-state index in [4.69, 9.17) is 23.7 Å². The molecular formula is C17H29FO11. The third-order valence-corrected chi connectivity index (χ3v) is 5.36.